The van der Waals surface area contributed by atoms with E-state index in [1.54, 1.807) is 41.2 Å². The van der Waals surface area contributed by atoms with Gasteiger partial charge in [0.2, 0.25) is 0 Å². The lowest BCUT2D eigenvalue weighted by Gasteiger charge is -2.16. The maximum Gasteiger partial charge on any atom is 0.257 e. The van der Waals surface area contributed by atoms with Gasteiger partial charge in [-0.3, -0.25) is 9.48 Å². The fourth-order valence-corrected chi connectivity index (χ4v) is 3.59. The molecule has 0 aliphatic heterocycles. The van der Waals surface area contributed by atoms with Crippen molar-refractivity contribution in [1.82, 2.24) is 24.5 Å². The molecule has 0 aliphatic carbocycles. The minimum absolute atomic E-state index is 0.110. The van der Waals surface area contributed by atoms with E-state index in [1.807, 2.05) is 36.0 Å². The molecule has 31 heavy (non-hydrogen) atoms. The van der Waals surface area contributed by atoms with E-state index in [0.717, 1.165) is 16.9 Å². The zero-order valence-electron chi connectivity index (χ0n) is 17.6. The Morgan fingerprint density at radius 3 is 2.45 bits per heavy atom. The van der Waals surface area contributed by atoms with Crippen LogP contribution in [0.5, 0.6) is 0 Å². The number of nitrogens with zero attached hydrogens (tertiary/aromatic N) is 5. The van der Waals surface area contributed by atoms with E-state index in [4.69, 9.17) is 0 Å². The number of aromatic nitrogens is 4. The smallest absolute Gasteiger partial charge is 0.257 e. The monoisotopic (exact) mass is 417 g/mol. The molecule has 7 heteroatoms. The maximum atomic E-state index is 13.3. The highest BCUT2D eigenvalue weighted by Gasteiger charge is 2.21. The highest BCUT2D eigenvalue weighted by Crippen LogP contribution is 2.18. The van der Waals surface area contributed by atoms with E-state index in [-0.39, 0.29) is 11.7 Å². The van der Waals surface area contributed by atoms with Crippen molar-refractivity contribution in [2.24, 2.45) is 0 Å². The van der Waals surface area contributed by atoms with Gasteiger partial charge in [0, 0.05) is 25.4 Å². The molecule has 0 spiro atoms. The van der Waals surface area contributed by atoms with E-state index < -0.39 is 0 Å². The number of halogens is 1. The molecule has 0 N–H and O–H groups in total. The van der Waals surface area contributed by atoms with Gasteiger partial charge in [0.15, 0.2) is 0 Å². The molecule has 0 saturated carbocycles. The van der Waals surface area contributed by atoms with Gasteiger partial charge in [-0.25, -0.2) is 9.07 Å². The topological polar surface area (TPSA) is 56.0 Å². The Labute approximate surface area is 180 Å². The molecule has 4 aromatic rings. The lowest BCUT2D eigenvalue weighted by molar-refractivity contribution is 0.0784. The number of benzene rings is 2. The van der Waals surface area contributed by atoms with Crippen LogP contribution in [0.1, 0.15) is 34.1 Å². The standard InChI is InChI=1S/C24H24FN5O/c1-3-23-22(14-27-30(23)21-11-9-20(25)10-12-21)24(31)28(2)15-19-13-26-29(17-19)16-18-7-5-4-6-8-18/h4-14,17H,3,15-16H2,1-2H3. The zero-order chi connectivity index (χ0) is 21.8. The first-order valence-electron chi connectivity index (χ1n) is 10.2. The van der Waals surface area contributed by atoms with E-state index in [9.17, 15) is 9.18 Å². The van der Waals surface area contributed by atoms with Gasteiger partial charge in [-0.05, 0) is 36.2 Å². The van der Waals surface area contributed by atoms with Gasteiger partial charge in [-0.1, -0.05) is 37.3 Å². The average molecular weight is 417 g/mol. The first-order chi connectivity index (χ1) is 15.0. The highest BCUT2D eigenvalue weighted by atomic mass is 19.1. The molecule has 0 saturated heterocycles. The molecule has 158 valence electrons. The molecule has 0 unspecified atom stereocenters. The predicted molar refractivity (Wildman–Crippen MR) is 116 cm³/mol. The summed E-state index contributed by atoms with van der Waals surface area (Å²) in [4.78, 5) is 14.8. The summed E-state index contributed by atoms with van der Waals surface area (Å²) in [5.74, 6) is -0.418. The van der Waals surface area contributed by atoms with Crippen molar-refractivity contribution in [3.63, 3.8) is 0 Å². The van der Waals surface area contributed by atoms with E-state index >= 15 is 0 Å². The minimum atomic E-state index is -0.308. The van der Waals surface area contributed by atoms with Crippen LogP contribution in [-0.4, -0.2) is 37.4 Å². The van der Waals surface area contributed by atoms with Crippen LogP contribution in [0.2, 0.25) is 0 Å². The summed E-state index contributed by atoms with van der Waals surface area (Å²) in [7, 11) is 1.77. The van der Waals surface area contributed by atoms with Crippen molar-refractivity contribution in [3.05, 3.63) is 101 Å². The van der Waals surface area contributed by atoms with E-state index in [0.29, 0.717) is 25.1 Å². The third kappa shape index (κ3) is 4.55. The van der Waals surface area contributed by atoms with Crippen LogP contribution in [0.3, 0.4) is 0 Å². The molecule has 0 bridgehead atoms. The summed E-state index contributed by atoms with van der Waals surface area (Å²) in [5, 5.41) is 8.79. The number of hydrogen-bond acceptors (Lipinski definition) is 3. The van der Waals surface area contributed by atoms with Gasteiger partial charge in [-0.2, -0.15) is 10.2 Å². The first kappa shape index (κ1) is 20.5. The maximum absolute atomic E-state index is 13.3. The third-order valence-corrected chi connectivity index (χ3v) is 5.15. The van der Waals surface area contributed by atoms with Crippen molar-refractivity contribution in [2.75, 3.05) is 7.05 Å². The zero-order valence-corrected chi connectivity index (χ0v) is 17.6. The fourth-order valence-electron chi connectivity index (χ4n) is 3.59. The largest absolute Gasteiger partial charge is 0.337 e. The Bertz CT molecular complexity index is 1160. The molecule has 0 atom stereocenters. The lowest BCUT2D eigenvalue weighted by atomic mass is 10.1. The van der Waals surface area contributed by atoms with Gasteiger partial charge in [0.05, 0.1) is 35.9 Å². The summed E-state index contributed by atoms with van der Waals surface area (Å²) >= 11 is 0. The quantitative estimate of drug-likeness (QED) is 0.455. The van der Waals surface area contributed by atoms with Crippen molar-refractivity contribution in [2.45, 2.75) is 26.4 Å². The van der Waals surface area contributed by atoms with Crippen molar-refractivity contribution >= 4 is 5.91 Å². The van der Waals surface area contributed by atoms with Crippen molar-refractivity contribution < 1.29 is 9.18 Å². The van der Waals surface area contributed by atoms with Crippen molar-refractivity contribution in [3.8, 4) is 5.69 Å². The van der Waals surface area contributed by atoms with E-state index in [1.165, 1.54) is 17.7 Å². The summed E-state index contributed by atoms with van der Waals surface area (Å²) in [5.41, 5.74) is 4.19. The first-order valence-corrected chi connectivity index (χ1v) is 10.2. The summed E-state index contributed by atoms with van der Waals surface area (Å²) in [6.45, 7) is 3.10. The van der Waals surface area contributed by atoms with Crippen LogP contribution < -0.4 is 0 Å². The Kier molecular flexibility index (Phi) is 5.93. The molecule has 0 fully saturated rings. The second-order valence-corrected chi connectivity index (χ2v) is 7.44. The van der Waals surface area contributed by atoms with E-state index in [2.05, 4.69) is 22.3 Å². The molecule has 0 radical (unpaired) electrons. The van der Waals surface area contributed by atoms with Gasteiger partial charge in [-0.15, -0.1) is 0 Å². The second kappa shape index (κ2) is 8.95. The molecule has 2 heterocycles. The van der Waals surface area contributed by atoms with Gasteiger partial charge in [0.25, 0.3) is 5.91 Å². The van der Waals surface area contributed by atoms with Crippen LogP contribution in [0.4, 0.5) is 4.39 Å². The SMILES string of the molecule is CCc1c(C(=O)N(C)Cc2cnn(Cc3ccccc3)c2)cnn1-c1ccc(F)cc1. The van der Waals surface area contributed by atoms with Crippen LogP contribution in [0.25, 0.3) is 5.69 Å². The predicted octanol–water partition coefficient (Wildman–Crippen LogP) is 4.09. The fraction of sp³-hybridized carbons (Fsp3) is 0.208. The number of carbonyl (C=O) groups is 1. The molecule has 1 amide bonds. The number of hydrogen-bond donors (Lipinski definition) is 0. The molecule has 0 aliphatic rings. The van der Waals surface area contributed by atoms with Crippen LogP contribution in [0.15, 0.2) is 73.2 Å². The molecule has 2 aromatic carbocycles. The summed E-state index contributed by atoms with van der Waals surface area (Å²) in [6.07, 6.45) is 5.95. The molecule has 6 nitrogen and oxygen atoms in total. The molecular weight excluding hydrogens is 393 g/mol. The van der Waals surface area contributed by atoms with Gasteiger partial charge >= 0.3 is 0 Å². The average Bonchev–Trinajstić information content (AvgIpc) is 3.41. The number of rotatable bonds is 7. The summed E-state index contributed by atoms with van der Waals surface area (Å²) in [6, 6.07) is 16.2. The summed E-state index contributed by atoms with van der Waals surface area (Å²) < 4.78 is 16.8. The lowest BCUT2D eigenvalue weighted by Crippen LogP contribution is -2.26. The Morgan fingerprint density at radius 2 is 1.74 bits per heavy atom. The number of carbonyl (C=O) groups excluding carboxylic acids is 1. The number of amides is 1. The van der Waals surface area contributed by atoms with Crippen LogP contribution >= 0.6 is 0 Å². The van der Waals surface area contributed by atoms with Crippen LogP contribution in [-0.2, 0) is 19.5 Å². The Hall–Kier alpha value is -3.74. The van der Waals surface area contributed by atoms with Crippen LogP contribution in [0, 0.1) is 5.82 Å². The molecule has 2 aromatic heterocycles. The Balaban J connectivity index is 1.48. The third-order valence-electron chi connectivity index (χ3n) is 5.15. The van der Waals surface area contributed by atoms with Crippen molar-refractivity contribution in [1.29, 1.82) is 0 Å². The molecule has 4 rings (SSSR count). The van der Waals surface area contributed by atoms with Gasteiger partial charge in [0.1, 0.15) is 5.82 Å². The minimum Gasteiger partial charge on any atom is -0.337 e. The molecular formula is C24H24FN5O. The normalized spacial score (nSPS) is 10.9. The highest BCUT2D eigenvalue weighted by molar-refractivity contribution is 5.95. The Morgan fingerprint density at radius 1 is 1.00 bits per heavy atom. The second-order valence-electron chi connectivity index (χ2n) is 7.44. The van der Waals surface area contributed by atoms with Gasteiger partial charge < -0.3 is 4.90 Å².